The van der Waals surface area contributed by atoms with Gasteiger partial charge in [0.15, 0.2) is 0 Å². The second kappa shape index (κ2) is 6.85. The van der Waals surface area contributed by atoms with Gasteiger partial charge in [0, 0.05) is 31.4 Å². The molecule has 0 spiro atoms. The summed E-state index contributed by atoms with van der Waals surface area (Å²) >= 11 is 0. The smallest absolute Gasteiger partial charge is 0.251 e. The van der Waals surface area contributed by atoms with Crippen LogP contribution in [0.25, 0.3) is 0 Å². The second-order valence-corrected chi connectivity index (χ2v) is 4.02. The summed E-state index contributed by atoms with van der Waals surface area (Å²) in [6, 6.07) is 3.47. The van der Waals surface area contributed by atoms with Gasteiger partial charge in [-0.2, -0.15) is 0 Å². The highest BCUT2D eigenvalue weighted by atomic mass is 16.1. The van der Waals surface area contributed by atoms with Crippen LogP contribution < -0.4 is 10.6 Å². The zero-order valence-electron chi connectivity index (χ0n) is 10.7. The van der Waals surface area contributed by atoms with Crippen molar-refractivity contribution in [2.75, 3.05) is 39.0 Å². The molecule has 0 aromatic carbocycles. The zero-order chi connectivity index (χ0) is 12.7. The molecule has 1 aromatic heterocycles. The molecule has 94 valence electrons. The fourth-order valence-electron chi connectivity index (χ4n) is 1.34. The van der Waals surface area contributed by atoms with Gasteiger partial charge in [-0.3, -0.25) is 4.79 Å². The molecule has 0 saturated heterocycles. The minimum atomic E-state index is -0.0617. The molecule has 0 aliphatic carbocycles. The van der Waals surface area contributed by atoms with Crippen molar-refractivity contribution < 1.29 is 4.79 Å². The van der Waals surface area contributed by atoms with Gasteiger partial charge < -0.3 is 15.5 Å². The number of carbonyl (C=O) groups is 1. The number of hydrogen-bond donors (Lipinski definition) is 2. The maximum absolute atomic E-state index is 11.8. The molecule has 0 saturated carbocycles. The second-order valence-electron chi connectivity index (χ2n) is 4.02. The Morgan fingerprint density at radius 2 is 2.24 bits per heavy atom. The van der Waals surface area contributed by atoms with Crippen molar-refractivity contribution in [1.29, 1.82) is 0 Å². The van der Waals surface area contributed by atoms with E-state index in [2.05, 4.69) is 15.6 Å². The molecule has 1 amide bonds. The van der Waals surface area contributed by atoms with Gasteiger partial charge in [0.1, 0.15) is 5.82 Å². The molecule has 0 unspecified atom stereocenters. The Hall–Kier alpha value is -1.62. The van der Waals surface area contributed by atoms with Gasteiger partial charge in [-0.05, 0) is 33.2 Å². The van der Waals surface area contributed by atoms with E-state index in [-0.39, 0.29) is 5.91 Å². The Morgan fingerprint density at radius 3 is 2.88 bits per heavy atom. The van der Waals surface area contributed by atoms with Gasteiger partial charge in [0.25, 0.3) is 5.91 Å². The Balaban J connectivity index is 2.53. The average Bonchev–Trinajstić information content (AvgIpc) is 2.29. The van der Waals surface area contributed by atoms with Crippen molar-refractivity contribution >= 4 is 11.7 Å². The number of anilines is 1. The lowest BCUT2D eigenvalue weighted by Gasteiger charge is -2.10. The lowest BCUT2D eigenvalue weighted by Crippen LogP contribution is -2.31. The van der Waals surface area contributed by atoms with Crippen molar-refractivity contribution in [2.24, 2.45) is 0 Å². The number of hydrogen-bond acceptors (Lipinski definition) is 4. The molecule has 0 bridgehead atoms. The molecule has 5 nitrogen and oxygen atoms in total. The average molecular weight is 236 g/mol. The topological polar surface area (TPSA) is 57.3 Å². The third-order valence-corrected chi connectivity index (χ3v) is 2.22. The van der Waals surface area contributed by atoms with Crippen LogP contribution in [0.2, 0.25) is 0 Å². The minimum absolute atomic E-state index is 0.0617. The number of amides is 1. The quantitative estimate of drug-likeness (QED) is 0.767. The highest BCUT2D eigenvalue weighted by molar-refractivity contribution is 5.94. The summed E-state index contributed by atoms with van der Waals surface area (Å²) in [6.45, 7) is 4.26. The number of carbonyl (C=O) groups excluding carboxylic acids is 1. The highest BCUT2D eigenvalue weighted by Gasteiger charge is 2.05. The number of rotatable bonds is 6. The summed E-state index contributed by atoms with van der Waals surface area (Å²) in [5, 5.41) is 5.94. The Bertz CT molecular complexity index is 365. The van der Waals surface area contributed by atoms with Crippen LogP contribution in [0.3, 0.4) is 0 Å². The predicted molar refractivity (Wildman–Crippen MR) is 69.3 cm³/mol. The molecule has 17 heavy (non-hydrogen) atoms. The van der Waals surface area contributed by atoms with E-state index in [1.165, 1.54) is 0 Å². The molecule has 1 rings (SSSR count). The van der Waals surface area contributed by atoms with Crippen LogP contribution in [0.15, 0.2) is 18.3 Å². The van der Waals surface area contributed by atoms with E-state index >= 15 is 0 Å². The van der Waals surface area contributed by atoms with E-state index in [0.29, 0.717) is 12.1 Å². The molecule has 1 heterocycles. The highest BCUT2D eigenvalue weighted by Crippen LogP contribution is 2.06. The molecule has 1 aromatic rings. The van der Waals surface area contributed by atoms with E-state index < -0.39 is 0 Å². The van der Waals surface area contributed by atoms with Gasteiger partial charge >= 0.3 is 0 Å². The van der Waals surface area contributed by atoms with Crippen molar-refractivity contribution in [3.63, 3.8) is 0 Å². The van der Waals surface area contributed by atoms with E-state index in [4.69, 9.17) is 0 Å². The maximum atomic E-state index is 11.8. The molecule has 0 aliphatic rings. The Morgan fingerprint density at radius 1 is 1.47 bits per heavy atom. The van der Waals surface area contributed by atoms with Crippen LogP contribution in [0, 0.1) is 0 Å². The van der Waals surface area contributed by atoms with E-state index in [9.17, 15) is 4.79 Å². The van der Waals surface area contributed by atoms with Crippen LogP contribution >= 0.6 is 0 Å². The Labute approximate surface area is 102 Å². The van der Waals surface area contributed by atoms with Crippen LogP contribution in [0.1, 0.15) is 17.3 Å². The molecule has 0 aliphatic heterocycles. The number of nitrogens with zero attached hydrogens (tertiary/aromatic N) is 2. The van der Waals surface area contributed by atoms with Gasteiger partial charge in [-0.1, -0.05) is 0 Å². The third kappa shape index (κ3) is 4.82. The number of nitrogens with one attached hydrogen (secondary N) is 2. The van der Waals surface area contributed by atoms with Crippen molar-refractivity contribution in [3.8, 4) is 0 Å². The maximum Gasteiger partial charge on any atom is 0.251 e. The molecule has 0 radical (unpaired) electrons. The van der Waals surface area contributed by atoms with Crippen molar-refractivity contribution in [1.82, 2.24) is 15.2 Å². The summed E-state index contributed by atoms with van der Waals surface area (Å²) in [6.07, 6.45) is 1.64. The summed E-state index contributed by atoms with van der Waals surface area (Å²) < 4.78 is 0. The molecule has 0 atom stereocenters. The van der Waals surface area contributed by atoms with Gasteiger partial charge in [-0.25, -0.2) is 4.98 Å². The number of likely N-dealkylation sites (N-methyl/N-ethyl adjacent to an activating group) is 1. The first-order valence-electron chi connectivity index (χ1n) is 5.76. The SMILES string of the molecule is CCNc1cc(C(=O)NCCN(C)C)ccn1. The van der Waals surface area contributed by atoms with Crippen molar-refractivity contribution in [3.05, 3.63) is 23.9 Å². The summed E-state index contributed by atoms with van der Waals surface area (Å²) in [5.74, 6) is 0.668. The Kier molecular flexibility index (Phi) is 5.42. The lowest BCUT2D eigenvalue weighted by atomic mass is 10.2. The van der Waals surface area contributed by atoms with Crippen molar-refractivity contribution in [2.45, 2.75) is 6.92 Å². The van der Waals surface area contributed by atoms with E-state index in [1.54, 1.807) is 18.3 Å². The summed E-state index contributed by atoms with van der Waals surface area (Å²) in [5.41, 5.74) is 0.634. The third-order valence-electron chi connectivity index (χ3n) is 2.22. The molecular formula is C12H20N4O. The first kappa shape index (κ1) is 13.4. The molecule has 0 fully saturated rings. The molecular weight excluding hydrogens is 216 g/mol. The minimum Gasteiger partial charge on any atom is -0.370 e. The van der Waals surface area contributed by atoms with Gasteiger partial charge in [-0.15, -0.1) is 0 Å². The van der Waals surface area contributed by atoms with Gasteiger partial charge in [0.05, 0.1) is 0 Å². The number of aromatic nitrogens is 1. The fraction of sp³-hybridized carbons (Fsp3) is 0.500. The fourth-order valence-corrected chi connectivity index (χ4v) is 1.34. The monoisotopic (exact) mass is 236 g/mol. The first-order valence-corrected chi connectivity index (χ1v) is 5.76. The lowest BCUT2D eigenvalue weighted by molar-refractivity contribution is 0.0951. The first-order chi connectivity index (χ1) is 8.13. The standard InChI is InChI=1S/C12H20N4O/c1-4-13-11-9-10(5-6-14-11)12(17)15-7-8-16(2)3/h5-6,9H,4,7-8H2,1-3H3,(H,13,14)(H,15,17). The van der Waals surface area contributed by atoms with Gasteiger partial charge in [0.2, 0.25) is 0 Å². The van der Waals surface area contributed by atoms with Crippen LogP contribution in [0.4, 0.5) is 5.82 Å². The normalized spacial score (nSPS) is 10.4. The largest absolute Gasteiger partial charge is 0.370 e. The van der Waals surface area contributed by atoms with Crippen LogP contribution in [0.5, 0.6) is 0 Å². The van der Waals surface area contributed by atoms with Crippen LogP contribution in [-0.2, 0) is 0 Å². The molecule has 2 N–H and O–H groups in total. The zero-order valence-corrected chi connectivity index (χ0v) is 10.7. The summed E-state index contributed by atoms with van der Waals surface area (Å²) in [7, 11) is 3.95. The predicted octanol–water partition coefficient (Wildman–Crippen LogP) is 0.805. The number of pyridine rings is 1. The van der Waals surface area contributed by atoms with E-state index in [0.717, 1.165) is 18.9 Å². The van der Waals surface area contributed by atoms with Crippen LogP contribution in [-0.4, -0.2) is 49.5 Å². The molecule has 5 heteroatoms. The van der Waals surface area contributed by atoms with E-state index in [1.807, 2.05) is 25.9 Å². The summed E-state index contributed by atoms with van der Waals surface area (Å²) in [4.78, 5) is 17.9.